The van der Waals surface area contributed by atoms with Crippen LogP contribution in [0.2, 0.25) is 0 Å². The molecular formula is C18H26F6N2O6S2. The molecule has 0 heterocycles. The van der Waals surface area contributed by atoms with E-state index in [1.165, 1.54) is 31.4 Å². The van der Waals surface area contributed by atoms with E-state index in [0.717, 1.165) is 0 Å². The van der Waals surface area contributed by atoms with Gasteiger partial charge in [-0.25, -0.2) is 9.59 Å². The van der Waals surface area contributed by atoms with Crippen LogP contribution < -0.4 is 10.6 Å². The minimum Gasteiger partial charge on any atom is -0.464 e. The number of halogens is 6. The maximum Gasteiger partial charge on any atom is 0.471 e. The van der Waals surface area contributed by atoms with Gasteiger partial charge in [-0.1, -0.05) is 35.4 Å². The van der Waals surface area contributed by atoms with Gasteiger partial charge in [0.25, 0.3) is 0 Å². The SMILES string of the molecule is CC(C)COC(=O)C(CSSCC(NC(=O)C(F)(F)F)C(=O)OC(C)(C)C)NC(=O)C(F)(F)F. The lowest BCUT2D eigenvalue weighted by Crippen LogP contribution is -2.50. The fourth-order valence-electron chi connectivity index (χ4n) is 1.77. The molecule has 0 spiro atoms. The lowest BCUT2D eigenvalue weighted by Gasteiger charge is -2.24. The van der Waals surface area contributed by atoms with Gasteiger partial charge in [-0.15, -0.1) is 0 Å². The van der Waals surface area contributed by atoms with Crippen LogP contribution in [0.4, 0.5) is 26.3 Å². The predicted octanol–water partition coefficient (Wildman–Crippen LogP) is 3.00. The smallest absolute Gasteiger partial charge is 0.464 e. The van der Waals surface area contributed by atoms with Crippen molar-refractivity contribution < 1.29 is 55.0 Å². The monoisotopic (exact) mass is 544 g/mol. The Balaban J connectivity index is 5.21. The number of ether oxygens (including phenoxy) is 2. The Labute approximate surface area is 200 Å². The Hall–Kier alpha value is -1.84. The lowest BCUT2D eigenvalue weighted by molar-refractivity contribution is -0.176. The van der Waals surface area contributed by atoms with Crippen molar-refractivity contribution in [2.75, 3.05) is 18.1 Å². The van der Waals surface area contributed by atoms with Crippen LogP contribution in [-0.4, -0.2) is 71.9 Å². The van der Waals surface area contributed by atoms with Gasteiger partial charge in [-0.05, 0) is 26.7 Å². The molecule has 0 fully saturated rings. The highest BCUT2D eigenvalue weighted by molar-refractivity contribution is 8.76. The molecule has 8 nitrogen and oxygen atoms in total. The fraction of sp³-hybridized carbons (Fsp3) is 0.778. The van der Waals surface area contributed by atoms with Crippen LogP contribution in [0.5, 0.6) is 0 Å². The third-order valence-corrected chi connectivity index (χ3v) is 5.64. The molecule has 0 aromatic rings. The first-order valence-electron chi connectivity index (χ1n) is 9.63. The molecule has 0 aliphatic carbocycles. The van der Waals surface area contributed by atoms with E-state index in [1.54, 1.807) is 13.8 Å². The summed E-state index contributed by atoms with van der Waals surface area (Å²) in [6.45, 7) is 7.57. The zero-order valence-electron chi connectivity index (χ0n) is 18.9. The van der Waals surface area contributed by atoms with Crippen molar-refractivity contribution in [1.29, 1.82) is 0 Å². The van der Waals surface area contributed by atoms with Crippen molar-refractivity contribution in [1.82, 2.24) is 10.6 Å². The number of esters is 2. The van der Waals surface area contributed by atoms with E-state index in [1.807, 2.05) is 0 Å². The molecule has 0 saturated heterocycles. The quantitative estimate of drug-likeness (QED) is 0.177. The topological polar surface area (TPSA) is 111 Å². The van der Waals surface area contributed by atoms with Crippen molar-refractivity contribution in [3.8, 4) is 0 Å². The second-order valence-electron chi connectivity index (χ2n) is 8.17. The number of hydrogen-bond donors (Lipinski definition) is 2. The molecule has 16 heteroatoms. The molecule has 2 unspecified atom stereocenters. The maximum atomic E-state index is 12.6. The highest BCUT2D eigenvalue weighted by atomic mass is 33.1. The van der Waals surface area contributed by atoms with Gasteiger partial charge in [0.1, 0.15) is 17.7 Å². The van der Waals surface area contributed by atoms with E-state index in [9.17, 15) is 45.5 Å². The van der Waals surface area contributed by atoms with E-state index in [4.69, 9.17) is 9.47 Å². The average molecular weight is 545 g/mol. The van der Waals surface area contributed by atoms with Crippen LogP contribution in [-0.2, 0) is 28.7 Å². The van der Waals surface area contributed by atoms with Gasteiger partial charge >= 0.3 is 36.1 Å². The Morgan fingerprint density at radius 1 is 0.765 bits per heavy atom. The summed E-state index contributed by atoms with van der Waals surface area (Å²) in [5.74, 6) is -8.18. The molecule has 0 radical (unpaired) electrons. The van der Waals surface area contributed by atoms with Gasteiger partial charge in [0, 0.05) is 11.5 Å². The summed E-state index contributed by atoms with van der Waals surface area (Å²) in [5, 5.41) is 2.98. The molecule has 2 amide bonds. The number of hydrogen-bond acceptors (Lipinski definition) is 8. The Morgan fingerprint density at radius 2 is 1.15 bits per heavy atom. The molecule has 0 bridgehead atoms. The number of alkyl halides is 6. The summed E-state index contributed by atoms with van der Waals surface area (Å²) >= 11 is 0. The lowest BCUT2D eigenvalue weighted by atomic mass is 10.2. The summed E-state index contributed by atoms with van der Waals surface area (Å²) in [6.07, 6.45) is -10.5. The normalized spacial score (nSPS) is 14.2. The van der Waals surface area contributed by atoms with Crippen molar-refractivity contribution in [3.63, 3.8) is 0 Å². The van der Waals surface area contributed by atoms with Crippen molar-refractivity contribution in [2.45, 2.75) is 64.7 Å². The van der Waals surface area contributed by atoms with Crippen molar-refractivity contribution in [2.24, 2.45) is 5.92 Å². The summed E-state index contributed by atoms with van der Waals surface area (Å²) < 4.78 is 85.2. The van der Waals surface area contributed by atoms with Crippen LogP contribution in [0.3, 0.4) is 0 Å². The minimum atomic E-state index is -5.27. The first kappa shape index (κ1) is 32.2. The highest BCUT2D eigenvalue weighted by Gasteiger charge is 2.42. The van der Waals surface area contributed by atoms with Gasteiger partial charge in [-0.3, -0.25) is 9.59 Å². The zero-order valence-corrected chi connectivity index (χ0v) is 20.5. The third-order valence-electron chi connectivity index (χ3n) is 3.21. The first-order chi connectivity index (χ1) is 15.2. The van der Waals surface area contributed by atoms with E-state index in [0.29, 0.717) is 21.6 Å². The first-order valence-corrected chi connectivity index (χ1v) is 12.1. The van der Waals surface area contributed by atoms with Gasteiger partial charge in [0.15, 0.2) is 0 Å². The van der Waals surface area contributed by atoms with Crippen LogP contribution in [0.25, 0.3) is 0 Å². The number of amides is 2. The average Bonchev–Trinajstić information content (AvgIpc) is 2.63. The summed E-state index contributed by atoms with van der Waals surface area (Å²) in [7, 11) is 1.33. The number of carbonyl (C=O) groups excluding carboxylic acids is 4. The van der Waals surface area contributed by atoms with Crippen molar-refractivity contribution >= 4 is 45.3 Å². The number of rotatable bonds is 11. The molecule has 0 aliphatic heterocycles. The maximum absolute atomic E-state index is 12.6. The molecule has 2 N–H and O–H groups in total. The largest absolute Gasteiger partial charge is 0.471 e. The van der Waals surface area contributed by atoms with Gasteiger partial charge in [-0.2, -0.15) is 26.3 Å². The minimum absolute atomic E-state index is 0.126. The third kappa shape index (κ3) is 13.8. The standard InChI is InChI=1S/C18H26F6N2O6S2/c1-9(2)6-31-12(27)10(25-14(29)17(19,20)21)7-33-34-8-11(13(28)32-16(3,4)5)26-15(30)18(22,23)24/h9-11H,6-8H2,1-5H3,(H,25,29)(H,26,30). The molecule has 0 rings (SSSR count). The van der Waals surface area contributed by atoms with Crippen LogP contribution in [0, 0.1) is 5.92 Å². The second-order valence-corrected chi connectivity index (χ2v) is 10.7. The summed E-state index contributed by atoms with van der Waals surface area (Å²) in [5.41, 5.74) is -1.08. The number of nitrogens with one attached hydrogen (secondary N) is 2. The van der Waals surface area contributed by atoms with Crippen LogP contribution >= 0.6 is 21.6 Å². The van der Waals surface area contributed by atoms with E-state index in [-0.39, 0.29) is 12.5 Å². The molecule has 0 aliphatic rings. The molecule has 0 aromatic heterocycles. The molecule has 2 atom stereocenters. The van der Waals surface area contributed by atoms with Crippen LogP contribution in [0.1, 0.15) is 34.6 Å². The van der Waals surface area contributed by atoms with Crippen molar-refractivity contribution in [3.05, 3.63) is 0 Å². The van der Waals surface area contributed by atoms with E-state index >= 15 is 0 Å². The molecule has 0 saturated carbocycles. The highest BCUT2D eigenvalue weighted by Crippen LogP contribution is 2.26. The van der Waals surface area contributed by atoms with Gasteiger partial charge < -0.3 is 20.1 Å². The second kappa shape index (κ2) is 13.3. The number of carbonyl (C=O) groups is 4. The molecular weight excluding hydrogens is 518 g/mol. The van der Waals surface area contributed by atoms with Crippen LogP contribution in [0.15, 0.2) is 0 Å². The fourth-order valence-corrected chi connectivity index (χ4v) is 4.07. The Kier molecular flexibility index (Phi) is 12.6. The Bertz CT molecular complexity index is 725. The summed E-state index contributed by atoms with van der Waals surface area (Å²) in [4.78, 5) is 46.7. The van der Waals surface area contributed by atoms with Gasteiger partial charge in [0.05, 0.1) is 6.61 Å². The molecule has 0 aromatic carbocycles. The van der Waals surface area contributed by atoms with E-state index in [2.05, 4.69) is 0 Å². The zero-order chi connectivity index (χ0) is 26.9. The molecule has 34 heavy (non-hydrogen) atoms. The van der Waals surface area contributed by atoms with Gasteiger partial charge in [0.2, 0.25) is 0 Å². The predicted molar refractivity (Wildman–Crippen MR) is 113 cm³/mol. The Morgan fingerprint density at radius 3 is 1.47 bits per heavy atom. The molecule has 198 valence electrons. The summed E-state index contributed by atoms with van der Waals surface area (Å²) in [6, 6.07) is -3.47. The van der Waals surface area contributed by atoms with E-state index < -0.39 is 65.3 Å².